The second kappa shape index (κ2) is 10.1. The highest BCUT2D eigenvalue weighted by Crippen LogP contribution is 2.30. The quantitative estimate of drug-likeness (QED) is 0.599. The summed E-state index contributed by atoms with van der Waals surface area (Å²) in [5, 5.41) is 12.5. The summed E-state index contributed by atoms with van der Waals surface area (Å²) in [6.45, 7) is 3.43. The fraction of sp³-hybridized carbons (Fsp3) is 0.609. The van der Waals surface area contributed by atoms with Crippen LogP contribution in [0.4, 0.5) is 0 Å². The van der Waals surface area contributed by atoms with Crippen molar-refractivity contribution in [1.82, 2.24) is 10.2 Å². The summed E-state index contributed by atoms with van der Waals surface area (Å²) >= 11 is 0. The molecule has 1 aromatic carbocycles. The van der Waals surface area contributed by atoms with Crippen LogP contribution in [-0.4, -0.2) is 59.1 Å². The molecule has 1 amide bonds. The van der Waals surface area contributed by atoms with Crippen LogP contribution in [0.2, 0.25) is 0 Å². The number of benzene rings is 1. The van der Waals surface area contributed by atoms with Crippen molar-refractivity contribution in [2.24, 2.45) is 5.92 Å². The lowest BCUT2D eigenvalue weighted by molar-refractivity contribution is -0.150. The van der Waals surface area contributed by atoms with Crippen LogP contribution in [0.15, 0.2) is 24.3 Å². The summed E-state index contributed by atoms with van der Waals surface area (Å²) in [4.78, 5) is 38.7. The molecule has 164 valence electrons. The zero-order chi connectivity index (χ0) is 21.7. The van der Waals surface area contributed by atoms with E-state index in [-0.39, 0.29) is 37.0 Å². The monoisotopic (exact) mass is 416 g/mol. The van der Waals surface area contributed by atoms with Gasteiger partial charge in [-0.3, -0.25) is 19.7 Å². The normalized spacial score (nSPS) is 18.6. The fourth-order valence-corrected chi connectivity index (χ4v) is 4.80. The van der Waals surface area contributed by atoms with Gasteiger partial charge in [-0.25, -0.2) is 0 Å². The molecule has 7 heteroatoms. The van der Waals surface area contributed by atoms with Crippen molar-refractivity contribution in [1.29, 1.82) is 0 Å². The number of carbonyl (C=O) groups excluding carboxylic acids is 2. The molecule has 0 radical (unpaired) electrons. The van der Waals surface area contributed by atoms with Crippen LogP contribution < -0.4 is 5.32 Å². The molecular weight excluding hydrogens is 384 g/mol. The number of carboxylic acid groups (broad SMARTS) is 1. The first-order valence-corrected chi connectivity index (χ1v) is 10.9. The van der Waals surface area contributed by atoms with Crippen LogP contribution in [0.1, 0.15) is 50.7 Å². The van der Waals surface area contributed by atoms with Gasteiger partial charge in [0.1, 0.15) is 12.6 Å². The molecule has 2 aliphatic carbocycles. The maximum atomic E-state index is 13.2. The average Bonchev–Trinajstić information content (AvgIpc) is 3.39. The second-order valence-electron chi connectivity index (χ2n) is 8.35. The lowest BCUT2D eigenvalue weighted by Crippen LogP contribution is -2.56. The molecule has 2 atom stereocenters. The van der Waals surface area contributed by atoms with Gasteiger partial charge in [0.2, 0.25) is 5.91 Å². The number of nitrogens with one attached hydrogen (secondary N) is 1. The molecule has 2 N–H and O–H groups in total. The number of carbonyl (C=O) groups is 3. The summed E-state index contributed by atoms with van der Waals surface area (Å²) < 4.78 is 5.30. The number of amides is 1. The molecule has 7 nitrogen and oxygen atoms in total. The van der Waals surface area contributed by atoms with Crippen LogP contribution in [0.3, 0.4) is 0 Å². The Bertz CT molecular complexity index is 750. The Morgan fingerprint density at radius 2 is 1.77 bits per heavy atom. The summed E-state index contributed by atoms with van der Waals surface area (Å²) in [7, 11) is 0. The molecule has 3 rings (SSSR count). The Hall–Kier alpha value is -2.41. The molecule has 30 heavy (non-hydrogen) atoms. The summed E-state index contributed by atoms with van der Waals surface area (Å²) in [5.74, 6) is -1.65. The minimum Gasteiger partial charge on any atom is -0.480 e. The smallest absolute Gasteiger partial charge is 0.323 e. The van der Waals surface area contributed by atoms with Crippen LogP contribution in [-0.2, 0) is 32.0 Å². The van der Waals surface area contributed by atoms with Crippen LogP contribution >= 0.6 is 0 Å². The van der Waals surface area contributed by atoms with Crippen molar-refractivity contribution in [2.75, 3.05) is 13.2 Å². The summed E-state index contributed by atoms with van der Waals surface area (Å²) in [5.41, 5.74) is 2.44. The molecule has 0 aliphatic heterocycles. The molecule has 1 fully saturated rings. The first-order valence-electron chi connectivity index (χ1n) is 10.9. The predicted molar refractivity (Wildman–Crippen MR) is 112 cm³/mol. The average molecular weight is 417 g/mol. The zero-order valence-electron chi connectivity index (χ0n) is 17.8. The lowest BCUT2D eigenvalue weighted by Gasteiger charge is -2.32. The van der Waals surface area contributed by atoms with Crippen LogP contribution in [0.25, 0.3) is 0 Å². The largest absolute Gasteiger partial charge is 0.480 e. The van der Waals surface area contributed by atoms with Crippen molar-refractivity contribution in [3.8, 4) is 0 Å². The number of rotatable bonds is 9. The molecule has 2 aliphatic rings. The Kier molecular flexibility index (Phi) is 7.48. The molecule has 0 spiro atoms. The molecule has 0 saturated heterocycles. The Morgan fingerprint density at radius 1 is 1.17 bits per heavy atom. The van der Waals surface area contributed by atoms with Crippen molar-refractivity contribution in [3.63, 3.8) is 0 Å². The Balaban J connectivity index is 1.73. The standard InChI is InChI=1S/C23H32N2O5/c1-3-30-23(29)21(18-12-16-8-4-5-9-17(16)13-18)24-15(2)22(28)25(14-20(26)27)19-10-6-7-11-19/h4-5,8-9,15,18-19,21,24H,3,6-7,10-14H2,1-2H3,(H,26,27)/t15-,21?/m0/s1. The third-order valence-electron chi connectivity index (χ3n) is 6.25. The minimum absolute atomic E-state index is 0.00361. The number of hydrogen-bond acceptors (Lipinski definition) is 5. The fourth-order valence-electron chi connectivity index (χ4n) is 4.80. The highest BCUT2D eigenvalue weighted by molar-refractivity contribution is 5.86. The van der Waals surface area contributed by atoms with Gasteiger partial charge in [-0.2, -0.15) is 0 Å². The van der Waals surface area contributed by atoms with Gasteiger partial charge in [-0.05, 0) is 56.6 Å². The van der Waals surface area contributed by atoms with Gasteiger partial charge in [0.25, 0.3) is 0 Å². The van der Waals surface area contributed by atoms with Crippen molar-refractivity contribution in [3.05, 3.63) is 35.4 Å². The van der Waals surface area contributed by atoms with Gasteiger partial charge in [0.15, 0.2) is 0 Å². The number of fused-ring (bicyclic) bond motifs is 1. The minimum atomic E-state index is -1.02. The van der Waals surface area contributed by atoms with E-state index in [0.717, 1.165) is 38.5 Å². The number of carboxylic acids is 1. The summed E-state index contributed by atoms with van der Waals surface area (Å²) in [6.07, 6.45) is 5.14. The maximum Gasteiger partial charge on any atom is 0.323 e. The van der Waals surface area contributed by atoms with E-state index in [9.17, 15) is 19.5 Å². The van der Waals surface area contributed by atoms with E-state index < -0.39 is 18.1 Å². The molecule has 1 aromatic rings. The SMILES string of the molecule is CCOC(=O)C(N[C@@H](C)C(=O)N(CC(=O)O)C1CCCC1)C1Cc2ccccc2C1. The number of esters is 1. The zero-order valence-corrected chi connectivity index (χ0v) is 17.8. The van der Waals surface area contributed by atoms with Gasteiger partial charge in [-0.15, -0.1) is 0 Å². The third-order valence-corrected chi connectivity index (χ3v) is 6.25. The number of ether oxygens (including phenoxy) is 1. The van der Waals surface area contributed by atoms with Gasteiger partial charge >= 0.3 is 11.9 Å². The van der Waals surface area contributed by atoms with E-state index in [1.165, 1.54) is 16.0 Å². The Morgan fingerprint density at radius 3 is 2.30 bits per heavy atom. The second-order valence-corrected chi connectivity index (χ2v) is 8.35. The van der Waals surface area contributed by atoms with E-state index in [2.05, 4.69) is 17.4 Å². The topological polar surface area (TPSA) is 95.9 Å². The summed E-state index contributed by atoms with van der Waals surface area (Å²) in [6, 6.07) is 6.78. The lowest BCUT2D eigenvalue weighted by atomic mass is 9.95. The van der Waals surface area contributed by atoms with Gasteiger partial charge in [0, 0.05) is 6.04 Å². The number of nitrogens with zero attached hydrogens (tertiary/aromatic N) is 1. The number of hydrogen-bond donors (Lipinski definition) is 2. The van der Waals surface area contributed by atoms with Gasteiger partial charge in [-0.1, -0.05) is 37.1 Å². The van der Waals surface area contributed by atoms with Crippen molar-refractivity contribution < 1.29 is 24.2 Å². The first-order chi connectivity index (χ1) is 14.4. The highest BCUT2D eigenvalue weighted by Gasteiger charge is 2.38. The number of aliphatic carboxylic acids is 1. The molecule has 0 heterocycles. The van der Waals surface area contributed by atoms with Crippen molar-refractivity contribution >= 4 is 17.8 Å². The van der Waals surface area contributed by atoms with E-state index in [0.29, 0.717) is 0 Å². The van der Waals surface area contributed by atoms with E-state index in [4.69, 9.17) is 4.74 Å². The Labute approximate surface area is 177 Å². The molecule has 0 bridgehead atoms. The van der Waals surface area contributed by atoms with Gasteiger partial charge < -0.3 is 14.7 Å². The highest BCUT2D eigenvalue weighted by atomic mass is 16.5. The van der Waals surface area contributed by atoms with Gasteiger partial charge in [0.05, 0.1) is 12.6 Å². The van der Waals surface area contributed by atoms with Crippen LogP contribution in [0, 0.1) is 5.92 Å². The first kappa shape index (κ1) is 22.3. The molecular formula is C23H32N2O5. The third kappa shape index (κ3) is 5.19. The molecule has 1 saturated carbocycles. The van der Waals surface area contributed by atoms with Crippen LogP contribution in [0.5, 0.6) is 0 Å². The van der Waals surface area contributed by atoms with E-state index >= 15 is 0 Å². The maximum absolute atomic E-state index is 13.2. The molecule has 0 aromatic heterocycles. The van der Waals surface area contributed by atoms with Crippen molar-refractivity contribution in [2.45, 2.75) is 70.5 Å². The van der Waals surface area contributed by atoms with E-state index in [1.54, 1.807) is 13.8 Å². The van der Waals surface area contributed by atoms with E-state index in [1.807, 2.05) is 12.1 Å². The predicted octanol–water partition coefficient (Wildman–Crippen LogP) is 2.17. The molecule has 1 unspecified atom stereocenters.